The first-order valence-corrected chi connectivity index (χ1v) is 6.81. The molecule has 0 fully saturated rings. The van der Waals surface area contributed by atoms with E-state index in [9.17, 15) is 9.18 Å². The van der Waals surface area contributed by atoms with Gasteiger partial charge in [-0.05, 0) is 48.4 Å². The lowest BCUT2D eigenvalue weighted by atomic mass is 9.99. The molecule has 4 heteroatoms. The smallest absolute Gasteiger partial charge is 0.195 e. The maximum absolute atomic E-state index is 12.9. The molecule has 2 aromatic rings. The van der Waals surface area contributed by atoms with Crippen molar-refractivity contribution in [2.75, 3.05) is 11.9 Å². The van der Waals surface area contributed by atoms with Gasteiger partial charge in [-0.15, -0.1) is 0 Å². The van der Waals surface area contributed by atoms with Gasteiger partial charge < -0.3 is 5.32 Å². The Labute approximate surface area is 118 Å². The van der Waals surface area contributed by atoms with Crippen LogP contribution in [0.4, 0.5) is 10.1 Å². The Hall–Kier alpha value is -1.68. The number of benzene rings is 2. The molecule has 0 spiro atoms. The van der Waals surface area contributed by atoms with E-state index in [4.69, 9.17) is 0 Å². The van der Waals surface area contributed by atoms with Crippen molar-refractivity contribution in [1.82, 2.24) is 0 Å². The summed E-state index contributed by atoms with van der Waals surface area (Å²) < 4.78 is 13.8. The van der Waals surface area contributed by atoms with Gasteiger partial charge in [0.1, 0.15) is 5.82 Å². The number of anilines is 1. The van der Waals surface area contributed by atoms with Crippen LogP contribution in [0.15, 0.2) is 40.9 Å². The van der Waals surface area contributed by atoms with Gasteiger partial charge >= 0.3 is 0 Å². The van der Waals surface area contributed by atoms with Crippen molar-refractivity contribution in [1.29, 1.82) is 0 Å². The van der Waals surface area contributed by atoms with Crippen LogP contribution in [0.1, 0.15) is 21.5 Å². The third-order valence-electron chi connectivity index (χ3n) is 3.23. The molecule has 1 heterocycles. The number of fused-ring (bicyclic) bond motifs is 1. The number of carbonyl (C=O) groups is 1. The summed E-state index contributed by atoms with van der Waals surface area (Å²) in [4.78, 5) is 12.5. The predicted octanol–water partition coefficient (Wildman–Crippen LogP) is 3.79. The summed E-state index contributed by atoms with van der Waals surface area (Å²) >= 11 is 3.43. The number of halogens is 2. The fraction of sp³-hybridized carbons (Fsp3) is 0.133. The minimum atomic E-state index is -0.339. The Morgan fingerprint density at radius 3 is 2.68 bits per heavy atom. The van der Waals surface area contributed by atoms with Crippen LogP contribution in [0.5, 0.6) is 0 Å². The molecule has 0 aliphatic carbocycles. The Bertz CT molecular complexity index is 652. The summed E-state index contributed by atoms with van der Waals surface area (Å²) in [6.45, 7) is 0.843. The van der Waals surface area contributed by atoms with Gasteiger partial charge in [-0.2, -0.15) is 0 Å². The highest BCUT2D eigenvalue weighted by Gasteiger charge is 2.20. The van der Waals surface area contributed by atoms with Gasteiger partial charge in [-0.25, -0.2) is 4.39 Å². The SMILES string of the molecule is O=C(c1ccc(F)cc1)c1cc(Br)cc2c1NCC2. The Balaban J connectivity index is 2.07. The number of carbonyl (C=O) groups excluding carboxylic acids is 1. The molecule has 3 rings (SSSR count). The molecule has 0 unspecified atom stereocenters. The minimum absolute atomic E-state index is 0.0908. The summed E-state index contributed by atoms with van der Waals surface area (Å²) in [6, 6.07) is 9.47. The van der Waals surface area contributed by atoms with Crippen LogP contribution in [-0.2, 0) is 6.42 Å². The fourth-order valence-electron chi connectivity index (χ4n) is 2.33. The van der Waals surface area contributed by atoms with Crippen molar-refractivity contribution in [2.45, 2.75) is 6.42 Å². The first kappa shape index (κ1) is 12.4. The molecule has 0 saturated heterocycles. The maximum atomic E-state index is 12.9. The summed E-state index contributed by atoms with van der Waals surface area (Å²) in [7, 11) is 0. The van der Waals surface area contributed by atoms with E-state index < -0.39 is 0 Å². The molecule has 0 bridgehead atoms. The molecule has 0 saturated carbocycles. The molecule has 2 aromatic carbocycles. The normalized spacial score (nSPS) is 12.9. The number of nitrogens with one attached hydrogen (secondary N) is 1. The van der Waals surface area contributed by atoms with Crippen LogP contribution in [-0.4, -0.2) is 12.3 Å². The second-order valence-electron chi connectivity index (χ2n) is 4.50. The lowest BCUT2D eigenvalue weighted by Crippen LogP contribution is -2.05. The van der Waals surface area contributed by atoms with Crippen molar-refractivity contribution in [3.8, 4) is 0 Å². The molecule has 1 aliphatic rings. The van der Waals surface area contributed by atoms with Gasteiger partial charge in [0.2, 0.25) is 0 Å². The predicted molar refractivity (Wildman–Crippen MR) is 76.2 cm³/mol. The van der Waals surface area contributed by atoms with E-state index in [-0.39, 0.29) is 11.6 Å². The van der Waals surface area contributed by atoms with Crippen molar-refractivity contribution < 1.29 is 9.18 Å². The quantitative estimate of drug-likeness (QED) is 0.853. The summed E-state index contributed by atoms with van der Waals surface area (Å²) in [5.74, 6) is -0.430. The van der Waals surface area contributed by atoms with E-state index in [2.05, 4.69) is 21.2 Å². The van der Waals surface area contributed by atoms with Crippen LogP contribution in [0.25, 0.3) is 0 Å². The third-order valence-corrected chi connectivity index (χ3v) is 3.69. The van der Waals surface area contributed by atoms with Crippen LogP contribution < -0.4 is 5.32 Å². The molecule has 0 radical (unpaired) electrons. The summed E-state index contributed by atoms with van der Waals surface area (Å²) in [5, 5.41) is 3.24. The fourth-order valence-corrected chi connectivity index (χ4v) is 2.83. The molecule has 0 aromatic heterocycles. The molecule has 2 nitrogen and oxygen atoms in total. The maximum Gasteiger partial charge on any atom is 0.195 e. The van der Waals surface area contributed by atoms with Crippen LogP contribution in [0.3, 0.4) is 0 Å². The van der Waals surface area contributed by atoms with Crippen molar-refractivity contribution in [2.24, 2.45) is 0 Å². The third kappa shape index (κ3) is 2.28. The lowest BCUT2D eigenvalue weighted by molar-refractivity contribution is 0.103. The molecule has 0 amide bonds. The van der Waals surface area contributed by atoms with E-state index in [1.54, 1.807) is 0 Å². The minimum Gasteiger partial charge on any atom is -0.384 e. The van der Waals surface area contributed by atoms with Crippen molar-refractivity contribution in [3.05, 3.63) is 63.4 Å². The molecule has 1 N–H and O–H groups in total. The van der Waals surface area contributed by atoms with Crippen LogP contribution >= 0.6 is 15.9 Å². The Kier molecular flexibility index (Phi) is 3.11. The topological polar surface area (TPSA) is 29.1 Å². The Morgan fingerprint density at radius 2 is 1.95 bits per heavy atom. The number of rotatable bonds is 2. The van der Waals surface area contributed by atoms with Gasteiger partial charge in [0.05, 0.1) is 0 Å². The second-order valence-corrected chi connectivity index (χ2v) is 5.42. The van der Waals surface area contributed by atoms with Gasteiger partial charge in [0.15, 0.2) is 5.78 Å². The van der Waals surface area contributed by atoms with E-state index in [0.717, 1.165) is 28.7 Å². The molecular formula is C15H11BrFNO. The zero-order valence-corrected chi connectivity index (χ0v) is 11.6. The van der Waals surface area contributed by atoms with E-state index in [1.807, 2.05) is 12.1 Å². The summed E-state index contributed by atoms with van der Waals surface area (Å²) in [5.41, 5.74) is 3.17. The highest BCUT2D eigenvalue weighted by atomic mass is 79.9. The highest BCUT2D eigenvalue weighted by molar-refractivity contribution is 9.10. The van der Waals surface area contributed by atoms with Crippen LogP contribution in [0, 0.1) is 5.82 Å². The first-order valence-electron chi connectivity index (χ1n) is 6.02. The Morgan fingerprint density at radius 1 is 1.21 bits per heavy atom. The van der Waals surface area contributed by atoms with E-state index >= 15 is 0 Å². The average molecular weight is 320 g/mol. The number of hydrogen-bond acceptors (Lipinski definition) is 2. The molecule has 19 heavy (non-hydrogen) atoms. The second kappa shape index (κ2) is 4.78. The van der Waals surface area contributed by atoms with Gasteiger partial charge in [0.25, 0.3) is 0 Å². The zero-order valence-electron chi connectivity index (χ0n) is 10.0. The highest BCUT2D eigenvalue weighted by Crippen LogP contribution is 2.31. The molecule has 1 aliphatic heterocycles. The standard InChI is InChI=1S/C15H11BrFNO/c16-11-7-10-5-6-18-14(10)13(8-11)15(19)9-1-3-12(17)4-2-9/h1-4,7-8,18H,5-6H2. The van der Waals surface area contributed by atoms with Crippen molar-refractivity contribution >= 4 is 27.4 Å². The lowest BCUT2D eigenvalue weighted by Gasteiger charge is -2.09. The van der Waals surface area contributed by atoms with Gasteiger partial charge in [0, 0.05) is 27.8 Å². The number of hydrogen-bond donors (Lipinski definition) is 1. The van der Waals surface area contributed by atoms with Gasteiger partial charge in [-0.1, -0.05) is 15.9 Å². The van der Waals surface area contributed by atoms with Crippen molar-refractivity contribution in [3.63, 3.8) is 0 Å². The van der Waals surface area contributed by atoms with Gasteiger partial charge in [-0.3, -0.25) is 4.79 Å². The molecule has 0 atom stereocenters. The van der Waals surface area contributed by atoms with E-state index in [1.165, 1.54) is 24.3 Å². The number of ketones is 1. The molecule has 96 valence electrons. The zero-order chi connectivity index (χ0) is 13.4. The monoisotopic (exact) mass is 319 g/mol. The average Bonchev–Trinajstić information content (AvgIpc) is 2.85. The first-order chi connectivity index (χ1) is 9.15. The van der Waals surface area contributed by atoms with E-state index in [0.29, 0.717) is 11.1 Å². The summed E-state index contributed by atoms with van der Waals surface area (Å²) in [6.07, 6.45) is 0.915. The van der Waals surface area contributed by atoms with Crippen LogP contribution in [0.2, 0.25) is 0 Å². The molecular weight excluding hydrogens is 309 g/mol. The largest absolute Gasteiger partial charge is 0.384 e.